The van der Waals surface area contributed by atoms with E-state index in [0.29, 0.717) is 30.8 Å². The van der Waals surface area contributed by atoms with Crippen LogP contribution >= 0.6 is 11.3 Å². The second kappa shape index (κ2) is 6.05. The van der Waals surface area contributed by atoms with Crippen molar-refractivity contribution in [3.8, 4) is 0 Å². The number of nitrogens with zero attached hydrogens (tertiary/aromatic N) is 1. The minimum atomic E-state index is -1.21. The number of carboxylic acids is 1. The monoisotopic (exact) mass is 336 g/mol. The van der Waals surface area contributed by atoms with Gasteiger partial charge in [0.05, 0.1) is 10.9 Å². The van der Waals surface area contributed by atoms with Crippen molar-refractivity contribution in [2.24, 2.45) is 11.8 Å². The van der Waals surface area contributed by atoms with Gasteiger partial charge in [-0.1, -0.05) is 6.92 Å². The van der Waals surface area contributed by atoms with E-state index in [-0.39, 0.29) is 5.92 Å². The number of carbonyl (C=O) groups excluding carboxylic acids is 2. The lowest BCUT2D eigenvalue weighted by atomic mass is 9.97. The zero-order chi connectivity index (χ0) is 16.7. The molecule has 0 radical (unpaired) electrons. The average Bonchev–Trinajstić information content (AvgIpc) is 3.08. The first-order valence-electron chi connectivity index (χ1n) is 7.71. The molecule has 1 N–H and O–H groups in total. The summed E-state index contributed by atoms with van der Waals surface area (Å²) in [4.78, 5) is 37.4. The van der Waals surface area contributed by atoms with Gasteiger partial charge in [-0.2, -0.15) is 0 Å². The number of hydrogen-bond donors (Lipinski definition) is 1. The standard InChI is InChI=1S/C16H18NO5S/c1-8-13(18)12(15(20)14(8)19)10-2-3-11(23-10)17-6-4-9(5-7-17)16(21)22/h2-3,8-9,12-13H,4-7H2,1H3,(H,21,22)/q-1. The molecular weight excluding hydrogens is 318 g/mol. The highest BCUT2D eigenvalue weighted by Crippen LogP contribution is 2.39. The Hall–Kier alpha value is -1.73. The fourth-order valence-corrected chi connectivity index (χ4v) is 4.48. The predicted molar refractivity (Wildman–Crippen MR) is 82.6 cm³/mol. The summed E-state index contributed by atoms with van der Waals surface area (Å²) in [5.41, 5.74) is 0. The van der Waals surface area contributed by atoms with Crippen LogP contribution in [0.1, 0.15) is 30.6 Å². The highest BCUT2D eigenvalue weighted by atomic mass is 32.1. The van der Waals surface area contributed by atoms with Crippen molar-refractivity contribution in [2.45, 2.75) is 31.8 Å². The van der Waals surface area contributed by atoms with Crippen LogP contribution in [0.15, 0.2) is 12.1 Å². The van der Waals surface area contributed by atoms with Crippen molar-refractivity contribution < 1.29 is 24.6 Å². The lowest BCUT2D eigenvalue weighted by molar-refractivity contribution is -0.427. The first kappa shape index (κ1) is 16.1. The number of hydrogen-bond acceptors (Lipinski definition) is 6. The minimum absolute atomic E-state index is 0.299. The third kappa shape index (κ3) is 2.79. The Morgan fingerprint density at radius 2 is 1.91 bits per heavy atom. The van der Waals surface area contributed by atoms with Crippen LogP contribution in [-0.4, -0.2) is 41.8 Å². The number of Topliss-reactive ketones (excluding diaryl/α,β-unsaturated/α-hetero) is 2. The third-order valence-corrected chi connectivity index (χ3v) is 6.06. The Balaban J connectivity index is 1.73. The molecule has 1 saturated carbocycles. The summed E-state index contributed by atoms with van der Waals surface area (Å²) < 4.78 is 0. The highest BCUT2D eigenvalue weighted by molar-refractivity contribution is 7.16. The number of aliphatic carboxylic acids is 1. The van der Waals surface area contributed by atoms with Gasteiger partial charge in [-0.3, -0.25) is 14.4 Å². The summed E-state index contributed by atoms with van der Waals surface area (Å²) in [6.07, 6.45) is -0.0332. The Kier molecular flexibility index (Phi) is 4.25. The SMILES string of the molecule is CC1C(=O)C(=O)C(c2ccc(N3CCC(C(=O)O)CC3)s2)C1[O-]. The van der Waals surface area contributed by atoms with Crippen LogP contribution in [0, 0.1) is 11.8 Å². The number of carboxylic acid groups (broad SMARTS) is 1. The van der Waals surface area contributed by atoms with Gasteiger partial charge in [0.15, 0.2) is 0 Å². The van der Waals surface area contributed by atoms with Gasteiger partial charge in [-0.25, -0.2) is 0 Å². The van der Waals surface area contributed by atoms with Gasteiger partial charge in [-0.05, 0) is 25.0 Å². The van der Waals surface area contributed by atoms with Gasteiger partial charge >= 0.3 is 5.97 Å². The Morgan fingerprint density at radius 1 is 1.26 bits per heavy atom. The first-order chi connectivity index (χ1) is 10.9. The molecule has 1 aromatic heterocycles. The summed E-state index contributed by atoms with van der Waals surface area (Å²) in [6.45, 7) is 2.81. The number of piperidine rings is 1. The molecule has 7 heteroatoms. The molecular formula is C16H18NO5S-. The second-order valence-corrected chi connectivity index (χ2v) is 7.33. The van der Waals surface area contributed by atoms with Crippen LogP contribution in [0.2, 0.25) is 0 Å². The summed E-state index contributed by atoms with van der Waals surface area (Å²) in [6, 6.07) is 3.61. The molecule has 1 saturated heterocycles. The molecule has 3 atom stereocenters. The molecule has 124 valence electrons. The Labute approximate surface area is 137 Å². The third-order valence-electron chi connectivity index (χ3n) is 4.84. The zero-order valence-electron chi connectivity index (χ0n) is 12.7. The molecule has 3 unspecified atom stereocenters. The summed E-state index contributed by atoms with van der Waals surface area (Å²) >= 11 is 1.36. The second-order valence-electron chi connectivity index (χ2n) is 6.24. The van der Waals surface area contributed by atoms with Gasteiger partial charge < -0.3 is 15.1 Å². The van der Waals surface area contributed by atoms with Crippen LogP contribution in [-0.2, 0) is 14.4 Å². The van der Waals surface area contributed by atoms with Crippen molar-refractivity contribution >= 4 is 33.9 Å². The van der Waals surface area contributed by atoms with Crippen LogP contribution in [0.3, 0.4) is 0 Å². The van der Waals surface area contributed by atoms with Crippen LogP contribution in [0.4, 0.5) is 5.00 Å². The van der Waals surface area contributed by atoms with E-state index in [4.69, 9.17) is 5.11 Å². The van der Waals surface area contributed by atoms with Crippen LogP contribution < -0.4 is 10.0 Å². The summed E-state index contributed by atoms with van der Waals surface area (Å²) in [5, 5.41) is 22.2. The largest absolute Gasteiger partial charge is 0.851 e. The van der Waals surface area contributed by atoms with Gasteiger partial charge in [-0.15, -0.1) is 17.4 Å². The number of anilines is 1. The minimum Gasteiger partial charge on any atom is -0.851 e. The first-order valence-corrected chi connectivity index (χ1v) is 8.53. The fraction of sp³-hybridized carbons (Fsp3) is 0.562. The van der Waals surface area contributed by atoms with Crippen LogP contribution in [0.25, 0.3) is 0 Å². The predicted octanol–water partition coefficient (Wildman–Crippen LogP) is 0.649. The maximum atomic E-state index is 12.2. The van der Waals surface area contributed by atoms with Crippen molar-refractivity contribution in [1.29, 1.82) is 0 Å². The Bertz CT molecular complexity index is 647. The number of carbonyl (C=O) groups is 3. The molecule has 0 aromatic carbocycles. The molecule has 0 amide bonds. The van der Waals surface area contributed by atoms with Gasteiger partial charge in [0.1, 0.15) is 0 Å². The molecule has 6 nitrogen and oxygen atoms in total. The van der Waals surface area contributed by atoms with Crippen molar-refractivity contribution in [2.75, 3.05) is 18.0 Å². The van der Waals surface area contributed by atoms with Crippen molar-refractivity contribution in [3.63, 3.8) is 0 Å². The number of thiophene rings is 1. The van der Waals surface area contributed by atoms with E-state index in [1.165, 1.54) is 18.3 Å². The molecule has 1 aliphatic carbocycles. The number of ketones is 2. The molecule has 23 heavy (non-hydrogen) atoms. The molecule has 1 aromatic rings. The molecule has 2 heterocycles. The van der Waals surface area contributed by atoms with E-state index in [1.807, 2.05) is 6.07 Å². The van der Waals surface area contributed by atoms with E-state index >= 15 is 0 Å². The molecule has 2 fully saturated rings. The fourth-order valence-electron chi connectivity index (χ4n) is 3.28. The van der Waals surface area contributed by atoms with E-state index in [9.17, 15) is 19.5 Å². The summed E-state index contributed by atoms with van der Waals surface area (Å²) in [7, 11) is 0. The normalized spacial score (nSPS) is 29.3. The topological polar surface area (TPSA) is 97.7 Å². The number of rotatable bonds is 3. The molecule has 2 aliphatic rings. The van der Waals surface area contributed by atoms with E-state index < -0.39 is 35.5 Å². The van der Waals surface area contributed by atoms with Crippen LogP contribution in [0.5, 0.6) is 0 Å². The lowest BCUT2D eigenvalue weighted by Gasteiger charge is -2.30. The van der Waals surface area contributed by atoms with Gasteiger partial charge in [0.25, 0.3) is 0 Å². The van der Waals surface area contributed by atoms with Gasteiger partial charge in [0.2, 0.25) is 11.6 Å². The zero-order valence-corrected chi connectivity index (χ0v) is 13.5. The van der Waals surface area contributed by atoms with Crippen molar-refractivity contribution in [3.05, 3.63) is 17.0 Å². The maximum Gasteiger partial charge on any atom is 0.306 e. The van der Waals surface area contributed by atoms with Crippen molar-refractivity contribution in [1.82, 2.24) is 0 Å². The molecule has 0 bridgehead atoms. The summed E-state index contributed by atoms with van der Waals surface area (Å²) in [5.74, 6) is -3.82. The van der Waals surface area contributed by atoms with E-state index in [1.54, 1.807) is 6.07 Å². The van der Waals surface area contributed by atoms with E-state index in [0.717, 1.165) is 5.00 Å². The van der Waals surface area contributed by atoms with Gasteiger partial charge in [0, 0.05) is 29.8 Å². The maximum absolute atomic E-state index is 12.2. The lowest BCUT2D eigenvalue weighted by Crippen LogP contribution is -2.35. The molecule has 0 spiro atoms. The molecule has 1 aliphatic heterocycles. The molecule has 3 rings (SSSR count). The average molecular weight is 336 g/mol. The highest BCUT2D eigenvalue weighted by Gasteiger charge is 2.42. The quantitative estimate of drug-likeness (QED) is 0.814. The van der Waals surface area contributed by atoms with E-state index in [2.05, 4.69) is 4.90 Å². The smallest absolute Gasteiger partial charge is 0.306 e. The Morgan fingerprint density at radius 3 is 2.43 bits per heavy atom.